The van der Waals surface area contributed by atoms with Gasteiger partial charge in [0.15, 0.2) is 5.78 Å². The molecule has 0 aromatic heterocycles. The smallest absolute Gasteiger partial charge is 0.244 e. The summed E-state index contributed by atoms with van der Waals surface area (Å²) in [4.78, 5) is 22.4. The number of carbonyl (C=O) groups is 2. The SMILES string of the molecule is C=C(C)C(=O)C=CC(=O)NCCC[N+](C)(C)C. The molecule has 0 saturated carbocycles. The molecule has 17 heavy (non-hydrogen) atoms. The molecular formula is C13H23N2O2+. The average Bonchev–Trinajstić information content (AvgIpc) is 2.19. The highest BCUT2D eigenvalue weighted by molar-refractivity contribution is 6.06. The standard InChI is InChI=1S/C13H22N2O2/c1-11(2)12(16)7-8-13(17)14-9-6-10-15(3,4)5/h7-8H,1,6,9-10H2,2-5H3/p+1. The molecule has 0 fully saturated rings. The predicted molar refractivity (Wildman–Crippen MR) is 69.5 cm³/mol. The van der Waals surface area contributed by atoms with Crippen LogP contribution >= 0.6 is 0 Å². The van der Waals surface area contributed by atoms with Gasteiger partial charge in [-0.3, -0.25) is 9.59 Å². The van der Waals surface area contributed by atoms with Crippen LogP contribution in [-0.2, 0) is 9.59 Å². The van der Waals surface area contributed by atoms with Gasteiger partial charge in [0, 0.05) is 19.0 Å². The van der Waals surface area contributed by atoms with Gasteiger partial charge in [-0.05, 0) is 18.6 Å². The molecule has 0 aliphatic heterocycles. The fraction of sp³-hybridized carbons (Fsp3) is 0.538. The van der Waals surface area contributed by atoms with Crippen LogP contribution in [0.5, 0.6) is 0 Å². The highest BCUT2D eigenvalue weighted by Crippen LogP contribution is 1.93. The molecule has 0 aliphatic carbocycles. The van der Waals surface area contributed by atoms with Gasteiger partial charge in [0.25, 0.3) is 0 Å². The van der Waals surface area contributed by atoms with E-state index in [2.05, 4.69) is 33.0 Å². The molecule has 0 radical (unpaired) electrons. The zero-order valence-electron chi connectivity index (χ0n) is 11.2. The van der Waals surface area contributed by atoms with Crippen LogP contribution in [0.15, 0.2) is 24.3 Å². The third-order valence-corrected chi connectivity index (χ3v) is 2.11. The fourth-order valence-corrected chi connectivity index (χ4v) is 1.12. The van der Waals surface area contributed by atoms with E-state index in [1.807, 2.05) is 0 Å². The topological polar surface area (TPSA) is 46.2 Å². The van der Waals surface area contributed by atoms with Gasteiger partial charge in [-0.25, -0.2) is 0 Å². The maximum absolute atomic E-state index is 11.3. The van der Waals surface area contributed by atoms with Crippen molar-refractivity contribution in [2.24, 2.45) is 0 Å². The molecule has 0 spiro atoms. The molecular weight excluding hydrogens is 216 g/mol. The highest BCUT2D eigenvalue weighted by atomic mass is 16.1. The van der Waals surface area contributed by atoms with Gasteiger partial charge >= 0.3 is 0 Å². The van der Waals surface area contributed by atoms with E-state index in [1.165, 1.54) is 12.2 Å². The first-order valence-corrected chi connectivity index (χ1v) is 5.68. The monoisotopic (exact) mass is 239 g/mol. The number of amides is 1. The molecule has 0 aromatic carbocycles. The summed E-state index contributed by atoms with van der Waals surface area (Å²) in [6.45, 7) is 6.74. The summed E-state index contributed by atoms with van der Waals surface area (Å²) < 4.78 is 0.875. The van der Waals surface area contributed by atoms with Crippen molar-refractivity contribution in [1.29, 1.82) is 0 Å². The van der Waals surface area contributed by atoms with Crippen molar-refractivity contribution < 1.29 is 14.1 Å². The maximum Gasteiger partial charge on any atom is 0.244 e. The third kappa shape index (κ3) is 9.51. The number of nitrogens with zero attached hydrogens (tertiary/aromatic N) is 1. The lowest BCUT2D eigenvalue weighted by Crippen LogP contribution is -2.37. The lowest BCUT2D eigenvalue weighted by Gasteiger charge is -2.23. The second kappa shape index (κ2) is 7.01. The summed E-state index contributed by atoms with van der Waals surface area (Å²) in [7, 11) is 6.31. The van der Waals surface area contributed by atoms with E-state index in [-0.39, 0.29) is 11.7 Å². The second-order valence-electron chi connectivity index (χ2n) is 5.14. The summed E-state index contributed by atoms with van der Waals surface area (Å²) in [5.74, 6) is -0.451. The Balaban J connectivity index is 3.82. The zero-order chi connectivity index (χ0) is 13.5. The first kappa shape index (κ1) is 15.6. The number of carbonyl (C=O) groups excluding carboxylic acids is 2. The molecule has 4 heteroatoms. The van der Waals surface area contributed by atoms with E-state index in [0.717, 1.165) is 17.4 Å². The van der Waals surface area contributed by atoms with Crippen LogP contribution in [0.3, 0.4) is 0 Å². The van der Waals surface area contributed by atoms with Gasteiger partial charge < -0.3 is 9.80 Å². The van der Waals surface area contributed by atoms with Crippen LogP contribution in [-0.4, -0.2) is 50.4 Å². The lowest BCUT2D eigenvalue weighted by molar-refractivity contribution is -0.870. The molecule has 0 unspecified atom stereocenters. The van der Waals surface area contributed by atoms with E-state index >= 15 is 0 Å². The summed E-state index contributed by atoms with van der Waals surface area (Å²) in [6, 6.07) is 0. The van der Waals surface area contributed by atoms with Gasteiger partial charge in [-0.2, -0.15) is 0 Å². The van der Waals surface area contributed by atoms with Crippen molar-refractivity contribution >= 4 is 11.7 Å². The van der Waals surface area contributed by atoms with Crippen molar-refractivity contribution in [2.75, 3.05) is 34.2 Å². The normalized spacial score (nSPS) is 11.5. The minimum atomic E-state index is -0.235. The van der Waals surface area contributed by atoms with Crippen molar-refractivity contribution in [3.63, 3.8) is 0 Å². The largest absolute Gasteiger partial charge is 0.352 e. The van der Waals surface area contributed by atoms with E-state index in [9.17, 15) is 9.59 Å². The lowest BCUT2D eigenvalue weighted by atomic mass is 10.2. The van der Waals surface area contributed by atoms with Crippen molar-refractivity contribution in [1.82, 2.24) is 5.32 Å². The Morgan fingerprint density at radius 1 is 1.24 bits per heavy atom. The molecule has 0 atom stereocenters. The van der Waals surface area contributed by atoms with Crippen molar-refractivity contribution in [3.05, 3.63) is 24.3 Å². The molecule has 0 rings (SSSR count). The number of rotatable bonds is 7. The van der Waals surface area contributed by atoms with Crippen LogP contribution in [0.4, 0.5) is 0 Å². The number of nitrogens with one attached hydrogen (secondary N) is 1. The number of hydrogen-bond donors (Lipinski definition) is 1. The van der Waals surface area contributed by atoms with E-state index in [4.69, 9.17) is 0 Å². The summed E-state index contributed by atoms with van der Waals surface area (Å²) in [5.41, 5.74) is 0.430. The Hall–Kier alpha value is -1.42. The van der Waals surface area contributed by atoms with E-state index in [1.54, 1.807) is 6.92 Å². The number of allylic oxidation sites excluding steroid dienone is 2. The maximum atomic E-state index is 11.3. The molecule has 0 aliphatic rings. The third-order valence-electron chi connectivity index (χ3n) is 2.11. The van der Waals surface area contributed by atoms with Crippen LogP contribution in [0.25, 0.3) is 0 Å². The van der Waals surface area contributed by atoms with Crippen molar-refractivity contribution in [3.8, 4) is 0 Å². The Kier molecular flexibility index (Phi) is 6.43. The molecule has 0 heterocycles. The van der Waals surface area contributed by atoms with Crippen LogP contribution < -0.4 is 5.32 Å². The van der Waals surface area contributed by atoms with Crippen LogP contribution in [0.1, 0.15) is 13.3 Å². The van der Waals surface area contributed by atoms with Gasteiger partial charge in [0.1, 0.15) is 0 Å². The molecule has 4 nitrogen and oxygen atoms in total. The first-order chi connectivity index (χ1) is 7.72. The Bertz CT molecular complexity index is 325. The van der Waals surface area contributed by atoms with Crippen molar-refractivity contribution in [2.45, 2.75) is 13.3 Å². The summed E-state index contributed by atoms with van der Waals surface area (Å²) >= 11 is 0. The molecule has 0 bridgehead atoms. The van der Waals surface area contributed by atoms with Crippen LogP contribution in [0, 0.1) is 0 Å². The molecule has 96 valence electrons. The highest BCUT2D eigenvalue weighted by Gasteiger charge is 2.06. The predicted octanol–water partition coefficient (Wildman–Crippen LogP) is 0.900. The van der Waals surface area contributed by atoms with Crippen LogP contribution in [0.2, 0.25) is 0 Å². The first-order valence-electron chi connectivity index (χ1n) is 5.68. The number of quaternary nitrogens is 1. The van der Waals surface area contributed by atoms with Gasteiger partial charge in [-0.15, -0.1) is 0 Å². The zero-order valence-corrected chi connectivity index (χ0v) is 11.2. The minimum Gasteiger partial charge on any atom is -0.352 e. The summed E-state index contributed by atoms with van der Waals surface area (Å²) in [6.07, 6.45) is 3.41. The molecule has 1 N–H and O–H groups in total. The Morgan fingerprint density at radius 2 is 1.82 bits per heavy atom. The summed E-state index contributed by atoms with van der Waals surface area (Å²) in [5, 5.41) is 2.73. The second-order valence-corrected chi connectivity index (χ2v) is 5.14. The van der Waals surface area contributed by atoms with Gasteiger partial charge in [0.2, 0.25) is 5.91 Å². The fourth-order valence-electron chi connectivity index (χ4n) is 1.12. The molecule has 0 aromatic rings. The minimum absolute atomic E-state index is 0.216. The number of ketones is 1. The quantitative estimate of drug-likeness (QED) is 0.407. The molecule has 0 saturated heterocycles. The van der Waals surface area contributed by atoms with Gasteiger partial charge in [0.05, 0.1) is 27.7 Å². The van der Waals surface area contributed by atoms with Gasteiger partial charge in [-0.1, -0.05) is 6.58 Å². The Labute approximate surface area is 104 Å². The molecule has 1 amide bonds. The van der Waals surface area contributed by atoms with E-state index < -0.39 is 0 Å². The average molecular weight is 239 g/mol. The Morgan fingerprint density at radius 3 is 2.29 bits per heavy atom. The van der Waals surface area contributed by atoms with E-state index in [0.29, 0.717) is 12.1 Å². The number of hydrogen-bond acceptors (Lipinski definition) is 2.